The quantitative estimate of drug-likeness (QED) is 0.0723. The van der Waals surface area contributed by atoms with Gasteiger partial charge in [0.1, 0.15) is 17.2 Å². The summed E-state index contributed by atoms with van der Waals surface area (Å²) in [6.07, 6.45) is 1.70. The molecule has 1 unspecified atom stereocenters. The van der Waals surface area contributed by atoms with Gasteiger partial charge in [0.15, 0.2) is 10.1 Å². The average Bonchev–Trinajstić information content (AvgIpc) is 3.62. The van der Waals surface area contributed by atoms with Crippen molar-refractivity contribution in [3.63, 3.8) is 0 Å². The molecule has 1 aliphatic heterocycles. The van der Waals surface area contributed by atoms with Crippen molar-refractivity contribution in [2.45, 2.75) is 23.1 Å². The first-order chi connectivity index (χ1) is 19.7. The van der Waals surface area contributed by atoms with Gasteiger partial charge >= 0.3 is 5.91 Å². The van der Waals surface area contributed by atoms with Crippen molar-refractivity contribution in [1.82, 2.24) is 19.6 Å². The molecule has 3 aromatic heterocycles. The van der Waals surface area contributed by atoms with Crippen LogP contribution >= 0.6 is 46.3 Å². The maximum absolute atomic E-state index is 13.9. The zero-order valence-corrected chi connectivity index (χ0v) is 24.2. The fourth-order valence-corrected chi connectivity index (χ4v) is 7.08. The number of thioether (sulfide) groups is 1. The van der Waals surface area contributed by atoms with E-state index in [1.165, 1.54) is 40.9 Å². The summed E-state index contributed by atoms with van der Waals surface area (Å²) in [4.78, 5) is 32.7. The summed E-state index contributed by atoms with van der Waals surface area (Å²) in [5.74, 6) is -2.20. The predicted molar refractivity (Wildman–Crippen MR) is 157 cm³/mol. The molecule has 1 fully saturated rings. The van der Waals surface area contributed by atoms with Crippen LogP contribution < -0.4 is 4.90 Å². The molecule has 0 aliphatic carbocycles. The summed E-state index contributed by atoms with van der Waals surface area (Å²) in [7, 11) is 0. The van der Waals surface area contributed by atoms with Crippen molar-refractivity contribution >= 4 is 74.5 Å². The number of benzene rings is 2. The smallest absolute Gasteiger partial charge is 0.301 e. The molecule has 4 heterocycles. The third kappa shape index (κ3) is 4.99. The van der Waals surface area contributed by atoms with Gasteiger partial charge in [-0.15, -0.1) is 10.2 Å². The van der Waals surface area contributed by atoms with E-state index in [0.29, 0.717) is 37.0 Å². The van der Waals surface area contributed by atoms with Gasteiger partial charge < -0.3 is 5.11 Å². The third-order valence-corrected chi connectivity index (χ3v) is 9.22. The minimum absolute atomic E-state index is 0.153. The highest BCUT2D eigenvalue weighted by atomic mass is 35.5. The van der Waals surface area contributed by atoms with Gasteiger partial charge in [0.25, 0.3) is 5.78 Å². The molecule has 1 atom stereocenters. The number of aliphatic hydroxyl groups is 1. The van der Waals surface area contributed by atoms with E-state index < -0.39 is 29.3 Å². The molecule has 41 heavy (non-hydrogen) atoms. The number of aromatic nitrogens is 4. The first-order valence-corrected chi connectivity index (χ1v) is 14.7. The molecule has 0 spiro atoms. The summed E-state index contributed by atoms with van der Waals surface area (Å²) >= 11 is 14.7. The van der Waals surface area contributed by atoms with Gasteiger partial charge in [0.05, 0.1) is 17.3 Å². The lowest BCUT2D eigenvalue weighted by Crippen LogP contribution is -2.29. The molecule has 13 heteroatoms. The second-order valence-electron chi connectivity index (χ2n) is 9.07. The van der Waals surface area contributed by atoms with Crippen LogP contribution in [0, 0.1) is 12.7 Å². The molecule has 1 aliphatic rings. The molecule has 1 saturated heterocycles. The fourth-order valence-electron chi connectivity index (χ4n) is 4.65. The number of aliphatic hydroxyl groups excluding tert-OH is 1. The van der Waals surface area contributed by atoms with Crippen molar-refractivity contribution in [3.8, 4) is 0 Å². The number of anilines is 1. The molecule has 206 valence electrons. The SMILES string of the molecule is Cc1nc2ccccn2c1/C(O)=C1\C(=O)C(=O)N(c2nnc(SCc3ccc(Cl)cc3Cl)s2)C1c1ccc(F)cc1. The predicted octanol–water partition coefficient (Wildman–Crippen LogP) is 6.86. The Bertz CT molecular complexity index is 1870. The molecule has 5 aromatic rings. The van der Waals surface area contributed by atoms with E-state index in [2.05, 4.69) is 15.2 Å². The lowest BCUT2D eigenvalue weighted by atomic mass is 9.96. The van der Waals surface area contributed by atoms with Crippen LogP contribution in [0.5, 0.6) is 0 Å². The Kier molecular flexibility index (Phi) is 7.28. The highest BCUT2D eigenvalue weighted by Gasteiger charge is 2.48. The Morgan fingerprint density at radius 3 is 2.63 bits per heavy atom. The van der Waals surface area contributed by atoms with Crippen LogP contribution in [-0.4, -0.2) is 36.4 Å². The maximum atomic E-state index is 13.9. The molecular formula is C28H18Cl2FN5O3S2. The van der Waals surface area contributed by atoms with Crippen LogP contribution in [0.25, 0.3) is 11.4 Å². The fraction of sp³-hybridized carbons (Fsp3) is 0.107. The van der Waals surface area contributed by atoms with Gasteiger partial charge in [-0.25, -0.2) is 9.37 Å². The molecular weight excluding hydrogens is 608 g/mol. The van der Waals surface area contributed by atoms with Gasteiger partial charge in [-0.05, 0) is 54.4 Å². The molecule has 0 saturated carbocycles. The van der Waals surface area contributed by atoms with Crippen LogP contribution in [0.3, 0.4) is 0 Å². The van der Waals surface area contributed by atoms with Gasteiger partial charge in [-0.1, -0.05) is 70.6 Å². The molecule has 6 rings (SSSR count). The standard InChI is InChI=1S/C28H18Cl2FN5O3S2/c1-14-22(35-11-3-2-4-20(35)32-14)24(37)21-23(15-6-9-18(31)10-7-15)36(26(39)25(21)38)27-33-34-28(41-27)40-13-16-5-8-17(29)12-19(16)30/h2-12,23,37H,13H2,1H3/b24-21+. The van der Waals surface area contributed by atoms with Gasteiger partial charge in [-0.3, -0.25) is 18.9 Å². The Balaban J connectivity index is 1.42. The number of aryl methyl sites for hydroxylation is 1. The third-order valence-electron chi connectivity index (χ3n) is 6.53. The number of hydrogen-bond acceptors (Lipinski definition) is 8. The topological polar surface area (TPSA) is 101 Å². The van der Waals surface area contributed by atoms with Crippen LogP contribution in [0.4, 0.5) is 9.52 Å². The number of pyridine rings is 1. The van der Waals surface area contributed by atoms with Crippen LogP contribution in [0.1, 0.15) is 28.6 Å². The Morgan fingerprint density at radius 1 is 1.10 bits per heavy atom. The highest BCUT2D eigenvalue weighted by Crippen LogP contribution is 2.44. The largest absolute Gasteiger partial charge is 0.505 e. The number of carbonyl (C=O) groups is 2. The van der Waals surface area contributed by atoms with Crippen LogP contribution in [-0.2, 0) is 15.3 Å². The zero-order valence-electron chi connectivity index (χ0n) is 21.1. The van der Waals surface area contributed by atoms with Gasteiger partial charge in [0, 0.05) is 22.0 Å². The minimum atomic E-state index is -1.08. The highest BCUT2D eigenvalue weighted by molar-refractivity contribution is 8.00. The first kappa shape index (κ1) is 27.4. The number of rotatable bonds is 6. The number of imidazole rings is 1. The lowest BCUT2D eigenvalue weighted by molar-refractivity contribution is -0.132. The number of fused-ring (bicyclic) bond motifs is 1. The Morgan fingerprint density at radius 2 is 1.88 bits per heavy atom. The molecule has 0 bridgehead atoms. The van der Waals surface area contributed by atoms with E-state index in [9.17, 15) is 19.1 Å². The Labute approximate surface area is 251 Å². The molecule has 0 radical (unpaired) electrons. The molecule has 1 N–H and O–H groups in total. The van der Waals surface area contributed by atoms with E-state index in [0.717, 1.165) is 16.9 Å². The second-order valence-corrected chi connectivity index (χ2v) is 12.1. The number of hydrogen-bond donors (Lipinski definition) is 1. The normalized spacial score (nSPS) is 16.7. The maximum Gasteiger partial charge on any atom is 0.301 e. The van der Waals surface area contributed by atoms with E-state index >= 15 is 0 Å². The second kappa shape index (κ2) is 10.9. The number of ketones is 1. The van der Waals surface area contributed by atoms with Crippen molar-refractivity contribution in [2.24, 2.45) is 0 Å². The number of nitrogens with zero attached hydrogens (tertiary/aromatic N) is 5. The lowest BCUT2D eigenvalue weighted by Gasteiger charge is -2.22. The van der Waals surface area contributed by atoms with Crippen LogP contribution in [0.2, 0.25) is 10.0 Å². The number of halogens is 3. The number of carbonyl (C=O) groups excluding carboxylic acids is 2. The monoisotopic (exact) mass is 625 g/mol. The van der Waals surface area contributed by atoms with E-state index in [-0.39, 0.29) is 16.4 Å². The average molecular weight is 627 g/mol. The summed E-state index contributed by atoms with van der Waals surface area (Å²) in [6.45, 7) is 1.70. The molecule has 8 nitrogen and oxygen atoms in total. The van der Waals surface area contributed by atoms with E-state index in [1.807, 2.05) is 6.07 Å². The van der Waals surface area contributed by atoms with Crippen molar-refractivity contribution < 1.29 is 19.1 Å². The zero-order chi connectivity index (χ0) is 28.8. The van der Waals surface area contributed by atoms with Crippen molar-refractivity contribution in [2.75, 3.05) is 4.90 Å². The van der Waals surface area contributed by atoms with Crippen molar-refractivity contribution in [1.29, 1.82) is 0 Å². The van der Waals surface area contributed by atoms with E-state index in [1.54, 1.807) is 47.9 Å². The number of amides is 1. The van der Waals surface area contributed by atoms with Crippen molar-refractivity contribution in [3.05, 3.63) is 111 Å². The summed E-state index contributed by atoms with van der Waals surface area (Å²) in [5.41, 5.74) is 2.40. The molecule has 2 aromatic carbocycles. The summed E-state index contributed by atoms with van der Waals surface area (Å²) < 4.78 is 16.0. The van der Waals surface area contributed by atoms with Gasteiger partial charge in [0.2, 0.25) is 5.13 Å². The Hall–Kier alpha value is -3.77. The van der Waals surface area contributed by atoms with E-state index in [4.69, 9.17) is 23.2 Å². The molecule has 1 amide bonds. The first-order valence-electron chi connectivity index (χ1n) is 12.1. The van der Waals surface area contributed by atoms with Gasteiger partial charge in [-0.2, -0.15) is 0 Å². The minimum Gasteiger partial charge on any atom is -0.505 e. The summed E-state index contributed by atoms with van der Waals surface area (Å²) in [5, 5.41) is 21.2. The number of Topliss-reactive ketones (excluding diaryl/α,β-unsaturated/α-hetero) is 1. The summed E-state index contributed by atoms with van der Waals surface area (Å²) in [6, 6.07) is 14.8. The van der Waals surface area contributed by atoms with Crippen LogP contribution in [0.15, 0.2) is 76.8 Å².